The second-order valence-electron chi connectivity index (χ2n) is 6.61. The van der Waals surface area contributed by atoms with Gasteiger partial charge in [0.1, 0.15) is 0 Å². The molecule has 7 heteroatoms. The summed E-state index contributed by atoms with van der Waals surface area (Å²) in [5, 5.41) is 2.81. The quantitative estimate of drug-likeness (QED) is 0.727. The predicted molar refractivity (Wildman–Crippen MR) is 99.5 cm³/mol. The molecule has 2 rings (SSSR count). The van der Waals surface area contributed by atoms with Crippen LogP contribution in [0.25, 0.3) is 0 Å². The standard InChI is InChI=1S/C18H29N3O3S/c1-3-16-12-21(13-18(22)19-4-2)11-10-17(16)20-25(23,24)14-15-8-6-5-7-9-15/h5-9,16-17,20H,3-4,10-14H2,1-2H3,(H,19,22)/t16-,17+/m1/s1. The fourth-order valence-electron chi connectivity index (χ4n) is 3.34. The van der Waals surface area contributed by atoms with Gasteiger partial charge < -0.3 is 5.32 Å². The number of rotatable bonds is 8. The van der Waals surface area contributed by atoms with Crippen LogP contribution in [0.5, 0.6) is 0 Å². The smallest absolute Gasteiger partial charge is 0.234 e. The van der Waals surface area contributed by atoms with Crippen LogP contribution in [0.4, 0.5) is 0 Å². The molecule has 1 amide bonds. The van der Waals surface area contributed by atoms with Crippen molar-refractivity contribution in [1.29, 1.82) is 0 Å². The fraction of sp³-hybridized carbons (Fsp3) is 0.611. The third kappa shape index (κ3) is 6.41. The maximum absolute atomic E-state index is 12.5. The molecule has 1 aromatic carbocycles. The van der Waals surface area contributed by atoms with Crippen molar-refractivity contribution in [1.82, 2.24) is 14.9 Å². The van der Waals surface area contributed by atoms with Crippen molar-refractivity contribution in [2.75, 3.05) is 26.2 Å². The number of nitrogens with zero attached hydrogens (tertiary/aromatic N) is 1. The van der Waals surface area contributed by atoms with Crippen LogP contribution in [0.15, 0.2) is 30.3 Å². The summed E-state index contributed by atoms with van der Waals surface area (Å²) in [6, 6.07) is 9.15. The van der Waals surface area contributed by atoms with Crippen LogP contribution in [0.3, 0.4) is 0 Å². The first-order valence-electron chi connectivity index (χ1n) is 8.96. The maximum Gasteiger partial charge on any atom is 0.234 e. The van der Waals surface area contributed by atoms with Gasteiger partial charge in [-0.1, -0.05) is 43.7 Å². The van der Waals surface area contributed by atoms with Crippen LogP contribution in [-0.2, 0) is 20.6 Å². The van der Waals surface area contributed by atoms with Gasteiger partial charge >= 0.3 is 0 Å². The van der Waals surface area contributed by atoms with Gasteiger partial charge in [0.15, 0.2) is 0 Å². The predicted octanol–water partition coefficient (Wildman–Crippen LogP) is 1.34. The maximum atomic E-state index is 12.5. The monoisotopic (exact) mass is 367 g/mol. The van der Waals surface area contributed by atoms with Gasteiger partial charge in [-0.05, 0) is 24.8 Å². The summed E-state index contributed by atoms with van der Waals surface area (Å²) >= 11 is 0. The van der Waals surface area contributed by atoms with Crippen molar-refractivity contribution in [3.05, 3.63) is 35.9 Å². The van der Waals surface area contributed by atoms with Crippen molar-refractivity contribution in [2.45, 2.75) is 38.5 Å². The van der Waals surface area contributed by atoms with E-state index in [-0.39, 0.29) is 23.6 Å². The summed E-state index contributed by atoms with van der Waals surface area (Å²) in [5.74, 6) is 0.248. The summed E-state index contributed by atoms with van der Waals surface area (Å²) in [4.78, 5) is 13.9. The second-order valence-corrected chi connectivity index (χ2v) is 8.37. The van der Waals surface area contributed by atoms with Gasteiger partial charge in [0.05, 0.1) is 12.3 Å². The second kappa shape index (κ2) is 9.31. The minimum absolute atomic E-state index is 0.00337. The first-order chi connectivity index (χ1) is 11.9. The summed E-state index contributed by atoms with van der Waals surface area (Å²) in [5.41, 5.74) is 0.789. The molecule has 0 saturated carbocycles. The lowest BCUT2D eigenvalue weighted by Crippen LogP contribution is -2.52. The van der Waals surface area contributed by atoms with Gasteiger partial charge in [0.2, 0.25) is 15.9 Å². The normalized spacial score (nSPS) is 21.8. The number of carbonyl (C=O) groups is 1. The Kier molecular flexibility index (Phi) is 7.40. The minimum atomic E-state index is -3.37. The van der Waals surface area contributed by atoms with E-state index in [0.717, 1.165) is 31.5 Å². The van der Waals surface area contributed by atoms with E-state index < -0.39 is 10.0 Å². The molecular formula is C18H29N3O3S. The van der Waals surface area contributed by atoms with E-state index in [0.29, 0.717) is 13.1 Å². The van der Waals surface area contributed by atoms with Crippen LogP contribution in [0, 0.1) is 5.92 Å². The van der Waals surface area contributed by atoms with E-state index in [1.165, 1.54) is 0 Å². The number of likely N-dealkylation sites (N-methyl/N-ethyl adjacent to an activating group) is 1. The molecule has 0 bridgehead atoms. The van der Waals surface area contributed by atoms with Crippen molar-refractivity contribution >= 4 is 15.9 Å². The highest BCUT2D eigenvalue weighted by atomic mass is 32.2. The lowest BCUT2D eigenvalue weighted by atomic mass is 9.91. The number of benzene rings is 1. The van der Waals surface area contributed by atoms with E-state index >= 15 is 0 Å². The van der Waals surface area contributed by atoms with E-state index in [1.54, 1.807) is 0 Å². The molecule has 1 heterocycles. The molecule has 1 saturated heterocycles. The zero-order valence-electron chi connectivity index (χ0n) is 15.1. The van der Waals surface area contributed by atoms with E-state index in [1.807, 2.05) is 37.3 Å². The Hall–Kier alpha value is -1.44. The number of piperidine rings is 1. The van der Waals surface area contributed by atoms with Gasteiger partial charge in [-0.25, -0.2) is 13.1 Å². The number of hydrogen-bond donors (Lipinski definition) is 2. The topological polar surface area (TPSA) is 78.5 Å². The largest absolute Gasteiger partial charge is 0.355 e. The van der Waals surface area contributed by atoms with Crippen LogP contribution < -0.4 is 10.0 Å². The molecule has 1 aliphatic heterocycles. The molecular weight excluding hydrogens is 338 g/mol. The summed E-state index contributed by atoms with van der Waals surface area (Å²) in [6.07, 6.45) is 1.61. The Morgan fingerprint density at radius 1 is 1.24 bits per heavy atom. The number of nitrogens with one attached hydrogen (secondary N) is 2. The molecule has 25 heavy (non-hydrogen) atoms. The molecule has 2 atom stereocenters. The number of carbonyl (C=O) groups excluding carboxylic acids is 1. The lowest BCUT2D eigenvalue weighted by Gasteiger charge is -2.38. The van der Waals surface area contributed by atoms with E-state index in [2.05, 4.69) is 21.9 Å². The third-order valence-corrected chi connectivity index (χ3v) is 5.99. The van der Waals surface area contributed by atoms with Crippen LogP contribution in [0.2, 0.25) is 0 Å². The zero-order chi connectivity index (χ0) is 18.3. The van der Waals surface area contributed by atoms with E-state index in [4.69, 9.17) is 0 Å². The van der Waals surface area contributed by atoms with Gasteiger partial charge in [-0.3, -0.25) is 9.69 Å². The van der Waals surface area contributed by atoms with Crippen LogP contribution >= 0.6 is 0 Å². The number of hydrogen-bond acceptors (Lipinski definition) is 4. The summed E-state index contributed by atoms with van der Waals surface area (Å²) in [7, 11) is -3.37. The average molecular weight is 368 g/mol. The Labute approximate surface area is 151 Å². The van der Waals surface area contributed by atoms with Crippen molar-refractivity contribution in [3.8, 4) is 0 Å². The average Bonchev–Trinajstić information content (AvgIpc) is 2.56. The lowest BCUT2D eigenvalue weighted by molar-refractivity contribution is -0.122. The first-order valence-corrected chi connectivity index (χ1v) is 10.6. The molecule has 1 fully saturated rings. The summed E-state index contributed by atoms with van der Waals surface area (Å²) in [6.45, 7) is 6.46. The molecule has 1 aliphatic rings. The number of likely N-dealkylation sites (tertiary alicyclic amines) is 1. The van der Waals surface area contributed by atoms with Crippen molar-refractivity contribution in [3.63, 3.8) is 0 Å². The Bertz CT molecular complexity index is 649. The van der Waals surface area contributed by atoms with E-state index in [9.17, 15) is 13.2 Å². The molecule has 6 nitrogen and oxygen atoms in total. The molecule has 2 N–H and O–H groups in total. The molecule has 0 spiro atoms. The zero-order valence-corrected chi connectivity index (χ0v) is 15.9. The first kappa shape index (κ1) is 19.9. The van der Waals surface area contributed by atoms with Gasteiger partial charge in [0.25, 0.3) is 0 Å². The highest BCUT2D eigenvalue weighted by Crippen LogP contribution is 2.21. The summed E-state index contributed by atoms with van der Waals surface area (Å²) < 4.78 is 27.9. The number of amides is 1. The van der Waals surface area contributed by atoms with Gasteiger partial charge in [-0.15, -0.1) is 0 Å². The molecule has 1 aromatic rings. The molecule has 0 aromatic heterocycles. The van der Waals surface area contributed by atoms with Gasteiger partial charge in [-0.2, -0.15) is 0 Å². The van der Waals surface area contributed by atoms with Crippen molar-refractivity contribution in [2.24, 2.45) is 5.92 Å². The minimum Gasteiger partial charge on any atom is -0.355 e. The SMILES string of the molecule is CCNC(=O)CN1CC[C@H](NS(=O)(=O)Cc2ccccc2)[C@H](CC)C1. The fourth-order valence-corrected chi connectivity index (χ4v) is 4.83. The highest BCUT2D eigenvalue weighted by molar-refractivity contribution is 7.88. The van der Waals surface area contributed by atoms with Crippen LogP contribution in [-0.4, -0.2) is 51.4 Å². The molecule has 0 radical (unpaired) electrons. The van der Waals surface area contributed by atoms with Gasteiger partial charge in [0, 0.05) is 25.7 Å². The third-order valence-electron chi connectivity index (χ3n) is 4.61. The molecule has 140 valence electrons. The Balaban J connectivity index is 1.92. The molecule has 0 aliphatic carbocycles. The number of sulfonamides is 1. The highest BCUT2D eigenvalue weighted by Gasteiger charge is 2.31. The Morgan fingerprint density at radius 3 is 2.60 bits per heavy atom. The van der Waals surface area contributed by atoms with Crippen LogP contribution in [0.1, 0.15) is 32.3 Å². The molecule has 0 unspecified atom stereocenters. The van der Waals surface area contributed by atoms with Crippen molar-refractivity contribution < 1.29 is 13.2 Å². The Morgan fingerprint density at radius 2 is 1.96 bits per heavy atom.